The largest absolute Gasteiger partial charge is 0.416 e. The van der Waals surface area contributed by atoms with E-state index in [1.807, 2.05) is 6.92 Å². The van der Waals surface area contributed by atoms with Crippen molar-refractivity contribution in [3.8, 4) is 0 Å². The average Bonchev–Trinajstić information content (AvgIpc) is 3.22. The van der Waals surface area contributed by atoms with Crippen molar-refractivity contribution < 1.29 is 27.9 Å². The van der Waals surface area contributed by atoms with Crippen molar-refractivity contribution in [1.82, 2.24) is 20.5 Å². The van der Waals surface area contributed by atoms with Gasteiger partial charge in [-0.3, -0.25) is 14.5 Å². The normalized spacial score (nSPS) is 23.9. The van der Waals surface area contributed by atoms with Gasteiger partial charge in [-0.15, -0.1) is 11.3 Å². The van der Waals surface area contributed by atoms with Crippen molar-refractivity contribution in [2.24, 2.45) is 0 Å². The fourth-order valence-electron chi connectivity index (χ4n) is 4.51. The zero-order valence-corrected chi connectivity index (χ0v) is 19.5. The van der Waals surface area contributed by atoms with E-state index >= 15 is 0 Å². The van der Waals surface area contributed by atoms with Gasteiger partial charge in [0.2, 0.25) is 5.91 Å². The molecule has 3 N–H and O–H groups in total. The van der Waals surface area contributed by atoms with Crippen LogP contribution in [0.1, 0.15) is 51.5 Å². The number of aryl methyl sites for hydroxylation is 1. The topological polar surface area (TPSA) is 94.6 Å². The smallest absolute Gasteiger partial charge is 0.383 e. The summed E-state index contributed by atoms with van der Waals surface area (Å²) < 4.78 is 38.4. The van der Waals surface area contributed by atoms with Gasteiger partial charge in [0.25, 0.3) is 5.91 Å². The highest BCUT2D eigenvalue weighted by Crippen LogP contribution is 2.40. The third kappa shape index (κ3) is 5.59. The SMILES string of the molecule is Cc1cnc([C@]2(O)CC[C@H](N3CC(NC(=O)CNC(=O)c4cccc(C(F)(F)F)c4)C3)CC2)s1. The summed E-state index contributed by atoms with van der Waals surface area (Å²) in [6, 6.07) is 4.38. The Kier molecular flexibility index (Phi) is 6.97. The minimum Gasteiger partial charge on any atom is -0.383 e. The summed E-state index contributed by atoms with van der Waals surface area (Å²) in [6.45, 7) is 3.04. The Morgan fingerprint density at radius 3 is 2.59 bits per heavy atom. The van der Waals surface area contributed by atoms with Crippen LogP contribution in [-0.2, 0) is 16.6 Å². The quantitative estimate of drug-likeness (QED) is 0.572. The number of amides is 2. The minimum absolute atomic E-state index is 0.0413. The monoisotopic (exact) mass is 496 g/mol. The molecule has 0 unspecified atom stereocenters. The van der Waals surface area contributed by atoms with Crippen LogP contribution in [0.4, 0.5) is 13.2 Å². The second-order valence-electron chi connectivity index (χ2n) is 9.02. The second-order valence-corrected chi connectivity index (χ2v) is 10.3. The molecule has 1 aromatic carbocycles. The van der Waals surface area contributed by atoms with Crippen LogP contribution >= 0.6 is 11.3 Å². The predicted octanol–water partition coefficient (Wildman–Crippen LogP) is 2.83. The maximum absolute atomic E-state index is 12.8. The standard InChI is InChI=1S/C23H27F3N4O3S/c1-14-10-28-21(34-14)22(33)7-5-18(6-8-22)30-12-17(13-30)29-19(31)11-27-20(32)15-3-2-4-16(9-15)23(24,25)26/h2-4,9-10,17-18,33H,5-8,11-13H2,1H3,(H,27,32)(H,29,31)/t18-,22-. The molecule has 1 aliphatic carbocycles. The van der Waals surface area contributed by atoms with Crippen molar-refractivity contribution in [3.63, 3.8) is 0 Å². The lowest BCUT2D eigenvalue weighted by atomic mass is 9.81. The lowest BCUT2D eigenvalue weighted by Crippen LogP contribution is -2.63. The molecule has 1 saturated carbocycles. The van der Waals surface area contributed by atoms with E-state index < -0.39 is 23.2 Å². The van der Waals surface area contributed by atoms with E-state index in [4.69, 9.17) is 0 Å². The molecule has 1 aliphatic heterocycles. The molecule has 184 valence electrons. The number of likely N-dealkylation sites (tertiary alicyclic amines) is 1. The molecule has 0 atom stereocenters. The molecule has 2 aromatic rings. The molecule has 0 radical (unpaired) electrons. The summed E-state index contributed by atoms with van der Waals surface area (Å²) in [5.41, 5.74) is -1.92. The Hall–Kier alpha value is -2.50. The molecule has 34 heavy (non-hydrogen) atoms. The number of hydrogen-bond donors (Lipinski definition) is 3. The molecule has 4 rings (SSSR count). The summed E-state index contributed by atoms with van der Waals surface area (Å²) in [5, 5.41) is 16.9. The van der Waals surface area contributed by atoms with E-state index in [2.05, 4.69) is 20.5 Å². The number of thiazole rings is 1. The summed E-state index contributed by atoms with van der Waals surface area (Å²) in [5.74, 6) is -1.12. The van der Waals surface area contributed by atoms with E-state index in [0.29, 0.717) is 32.0 Å². The van der Waals surface area contributed by atoms with Crippen LogP contribution in [0.15, 0.2) is 30.5 Å². The molecule has 11 heteroatoms. The van der Waals surface area contributed by atoms with Gasteiger partial charge < -0.3 is 15.7 Å². The molecule has 2 heterocycles. The van der Waals surface area contributed by atoms with Crippen molar-refractivity contribution in [1.29, 1.82) is 0 Å². The third-order valence-corrected chi connectivity index (χ3v) is 7.56. The lowest BCUT2D eigenvalue weighted by molar-refractivity contribution is -0.137. The van der Waals surface area contributed by atoms with Gasteiger partial charge >= 0.3 is 6.18 Å². The number of nitrogens with zero attached hydrogens (tertiary/aromatic N) is 2. The molecule has 0 spiro atoms. The zero-order valence-electron chi connectivity index (χ0n) is 18.7. The molecule has 0 bridgehead atoms. The van der Waals surface area contributed by atoms with Gasteiger partial charge in [-0.05, 0) is 50.8 Å². The van der Waals surface area contributed by atoms with Gasteiger partial charge in [0.15, 0.2) is 0 Å². The Bertz CT molecular complexity index is 1040. The van der Waals surface area contributed by atoms with Gasteiger partial charge in [-0.1, -0.05) is 6.07 Å². The first kappa shape index (κ1) is 24.6. The van der Waals surface area contributed by atoms with Crippen LogP contribution in [0.25, 0.3) is 0 Å². The number of aromatic nitrogens is 1. The lowest BCUT2D eigenvalue weighted by Gasteiger charge is -2.47. The highest BCUT2D eigenvalue weighted by Gasteiger charge is 2.41. The maximum Gasteiger partial charge on any atom is 0.416 e. The van der Waals surface area contributed by atoms with E-state index in [1.54, 1.807) is 6.20 Å². The van der Waals surface area contributed by atoms with E-state index in [1.165, 1.54) is 17.4 Å². The maximum atomic E-state index is 12.8. The molecular formula is C23H27F3N4O3S. The fraction of sp³-hybridized carbons (Fsp3) is 0.522. The van der Waals surface area contributed by atoms with Gasteiger partial charge in [-0.25, -0.2) is 4.98 Å². The number of halogens is 3. The fourth-order valence-corrected chi connectivity index (χ4v) is 5.42. The van der Waals surface area contributed by atoms with Crippen molar-refractivity contribution in [2.45, 2.75) is 56.5 Å². The Balaban J connectivity index is 1.17. The zero-order chi connectivity index (χ0) is 24.5. The second kappa shape index (κ2) is 9.63. The molecular weight excluding hydrogens is 469 g/mol. The van der Waals surface area contributed by atoms with Gasteiger partial charge in [0, 0.05) is 35.8 Å². The van der Waals surface area contributed by atoms with Crippen LogP contribution in [0, 0.1) is 6.92 Å². The first-order valence-electron chi connectivity index (χ1n) is 11.2. The highest BCUT2D eigenvalue weighted by atomic mass is 32.1. The van der Waals surface area contributed by atoms with E-state index in [9.17, 15) is 27.9 Å². The number of hydrogen-bond acceptors (Lipinski definition) is 6. The van der Waals surface area contributed by atoms with Crippen molar-refractivity contribution in [3.05, 3.63) is 51.5 Å². The van der Waals surface area contributed by atoms with Gasteiger partial charge in [0.05, 0.1) is 18.2 Å². The van der Waals surface area contributed by atoms with Gasteiger partial charge in [-0.2, -0.15) is 13.2 Å². The molecule has 2 fully saturated rings. The Labute approximate surface area is 199 Å². The van der Waals surface area contributed by atoms with Gasteiger partial charge in [0.1, 0.15) is 10.6 Å². The molecule has 2 amide bonds. The van der Waals surface area contributed by atoms with Crippen LogP contribution in [0.3, 0.4) is 0 Å². The van der Waals surface area contributed by atoms with Crippen molar-refractivity contribution >= 4 is 23.2 Å². The number of alkyl halides is 3. The Morgan fingerprint density at radius 2 is 1.97 bits per heavy atom. The van der Waals surface area contributed by atoms with Crippen LogP contribution in [0.5, 0.6) is 0 Å². The summed E-state index contributed by atoms with van der Waals surface area (Å²) in [4.78, 5) is 32.0. The third-order valence-electron chi connectivity index (χ3n) is 6.45. The molecule has 7 nitrogen and oxygen atoms in total. The van der Waals surface area contributed by atoms with Crippen LogP contribution in [0.2, 0.25) is 0 Å². The van der Waals surface area contributed by atoms with Crippen LogP contribution < -0.4 is 10.6 Å². The number of benzene rings is 1. The molecule has 1 aromatic heterocycles. The predicted molar refractivity (Wildman–Crippen MR) is 120 cm³/mol. The molecule has 2 aliphatic rings. The number of carbonyl (C=O) groups excluding carboxylic acids is 2. The Morgan fingerprint density at radius 1 is 1.26 bits per heavy atom. The number of rotatable bonds is 6. The van der Waals surface area contributed by atoms with E-state index in [-0.39, 0.29) is 24.1 Å². The summed E-state index contributed by atoms with van der Waals surface area (Å²) >= 11 is 1.53. The number of carbonyl (C=O) groups is 2. The highest BCUT2D eigenvalue weighted by molar-refractivity contribution is 7.11. The summed E-state index contributed by atoms with van der Waals surface area (Å²) in [7, 11) is 0. The van der Waals surface area contributed by atoms with Crippen LogP contribution in [-0.4, -0.2) is 58.5 Å². The van der Waals surface area contributed by atoms with E-state index in [0.717, 1.165) is 40.9 Å². The van der Waals surface area contributed by atoms with Crippen molar-refractivity contribution in [2.75, 3.05) is 19.6 Å². The number of nitrogens with one attached hydrogen (secondary N) is 2. The minimum atomic E-state index is -4.54. The first-order valence-corrected chi connectivity index (χ1v) is 12.0. The first-order chi connectivity index (χ1) is 16.0. The molecule has 1 saturated heterocycles. The summed E-state index contributed by atoms with van der Waals surface area (Å²) in [6.07, 6.45) is 0.251. The average molecular weight is 497 g/mol. The number of aliphatic hydroxyl groups is 1.